The van der Waals surface area contributed by atoms with Crippen LogP contribution in [-0.2, 0) is 22.4 Å². The number of rotatable bonds is 8. The fourth-order valence-corrected chi connectivity index (χ4v) is 4.04. The molecule has 4 rings (SSSR count). The van der Waals surface area contributed by atoms with Crippen LogP contribution in [0.5, 0.6) is 5.75 Å². The van der Waals surface area contributed by atoms with Gasteiger partial charge in [-0.2, -0.15) is 0 Å². The fourth-order valence-electron chi connectivity index (χ4n) is 4.04. The smallest absolute Gasteiger partial charge is 0.225 e. The van der Waals surface area contributed by atoms with E-state index in [2.05, 4.69) is 10.3 Å². The van der Waals surface area contributed by atoms with Gasteiger partial charge in [0.05, 0.1) is 13.0 Å². The number of aromatic nitrogens is 1. The zero-order valence-corrected chi connectivity index (χ0v) is 17.5. The Labute approximate surface area is 180 Å². The van der Waals surface area contributed by atoms with Crippen LogP contribution in [0.3, 0.4) is 0 Å². The zero-order valence-electron chi connectivity index (χ0n) is 17.5. The van der Waals surface area contributed by atoms with Gasteiger partial charge in [-0.1, -0.05) is 12.1 Å². The molecule has 7 heteroatoms. The molecule has 0 unspecified atom stereocenters. The van der Waals surface area contributed by atoms with E-state index in [9.17, 15) is 14.0 Å². The predicted molar refractivity (Wildman–Crippen MR) is 116 cm³/mol. The number of hydrogen-bond acceptors (Lipinski definition) is 3. The summed E-state index contributed by atoms with van der Waals surface area (Å²) >= 11 is 0. The van der Waals surface area contributed by atoms with Crippen LogP contribution in [0, 0.1) is 11.7 Å². The Kier molecular flexibility index (Phi) is 6.21. The number of methoxy groups -OCH3 is 1. The van der Waals surface area contributed by atoms with Crippen LogP contribution in [0.15, 0.2) is 48.7 Å². The Balaban J connectivity index is 1.26. The highest BCUT2D eigenvalue weighted by Crippen LogP contribution is 2.24. The molecule has 1 aliphatic heterocycles. The number of nitrogens with zero attached hydrogens (tertiary/aromatic N) is 1. The summed E-state index contributed by atoms with van der Waals surface area (Å²) in [5.41, 5.74) is 3.11. The Hall–Kier alpha value is -3.35. The van der Waals surface area contributed by atoms with Gasteiger partial charge >= 0.3 is 0 Å². The number of likely N-dealkylation sites (tertiary alicyclic amines) is 1. The largest absolute Gasteiger partial charge is 0.497 e. The van der Waals surface area contributed by atoms with Crippen molar-refractivity contribution >= 4 is 22.7 Å². The minimum atomic E-state index is -0.330. The van der Waals surface area contributed by atoms with Crippen LogP contribution in [0.25, 0.3) is 10.9 Å². The molecule has 3 aromatic rings. The second-order valence-corrected chi connectivity index (χ2v) is 7.88. The summed E-state index contributed by atoms with van der Waals surface area (Å²) in [6.07, 6.45) is 3.52. The molecule has 1 fully saturated rings. The van der Waals surface area contributed by atoms with Crippen molar-refractivity contribution in [2.75, 3.05) is 26.7 Å². The Morgan fingerprint density at radius 2 is 2.03 bits per heavy atom. The van der Waals surface area contributed by atoms with E-state index in [1.807, 2.05) is 24.4 Å². The molecule has 0 spiro atoms. The number of amides is 2. The summed E-state index contributed by atoms with van der Waals surface area (Å²) in [7, 11) is 1.64. The van der Waals surface area contributed by atoms with Gasteiger partial charge in [-0.15, -0.1) is 0 Å². The van der Waals surface area contributed by atoms with Crippen LogP contribution < -0.4 is 10.1 Å². The van der Waals surface area contributed by atoms with Gasteiger partial charge in [-0.25, -0.2) is 4.39 Å². The maximum Gasteiger partial charge on any atom is 0.225 e. The molecule has 6 nitrogen and oxygen atoms in total. The number of nitrogens with one attached hydrogen (secondary N) is 2. The van der Waals surface area contributed by atoms with Crippen LogP contribution in [-0.4, -0.2) is 48.4 Å². The van der Waals surface area contributed by atoms with Gasteiger partial charge in [0.2, 0.25) is 11.8 Å². The van der Waals surface area contributed by atoms with Gasteiger partial charge in [0.15, 0.2) is 0 Å². The molecule has 2 N–H and O–H groups in total. The highest BCUT2D eigenvalue weighted by molar-refractivity contribution is 5.89. The Morgan fingerprint density at radius 3 is 2.81 bits per heavy atom. The van der Waals surface area contributed by atoms with Crippen LogP contribution in [0.1, 0.15) is 17.5 Å². The molecule has 31 heavy (non-hydrogen) atoms. The van der Waals surface area contributed by atoms with E-state index in [1.54, 1.807) is 24.1 Å². The van der Waals surface area contributed by atoms with Gasteiger partial charge < -0.3 is 19.9 Å². The molecule has 2 amide bonds. The predicted octanol–water partition coefficient (Wildman–Crippen LogP) is 3.07. The van der Waals surface area contributed by atoms with E-state index < -0.39 is 0 Å². The molecular weight excluding hydrogens is 397 g/mol. The van der Waals surface area contributed by atoms with E-state index >= 15 is 0 Å². The Morgan fingerprint density at radius 1 is 1.23 bits per heavy atom. The van der Waals surface area contributed by atoms with Gasteiger partial charge in [-0.05, 0) is 54.3 Å². The SMILES string of the molecule is COc1ccc2[nH]cc(CCNC(=O)[C@@H]3CC(=O)N(CCc4ccc(F)cc4)C3)c2c1. The average molecular weight is 423 g/mol. The summed E-state index contributed by atoms with van der Waals surface area (Å²) in [6.45, 7) is 1.46. The molecule has 1 aliphatic rings. The van der Waals surface area contributed by atoms with Crippen LogP contribution >= 0.6 is 0 Å². The third kappa shape index (κ3) is 4.87. The van der Waals surface area contributed by atoms with Crippen molar-refractivity contribution in [2.45, 2.75) is 19.3 Å². The first kappa shape index (κ1) is 20.9. The van der Waals surface area contributed by atoms with Crippen molar-refractivity contribution in [1.82, 2.24) is 15.2 Å². The number of fused-ring (bicyclic) bond motifs is 1. The summed E-state index contributed by atoms with van der Waals surface area (Å²) in [6, 6.07) is 12.1. The normalized spacial score (nSPS) is 16.1. The van der Waals surface area contributed by atoms with Gasteiger partial charge in [0.25, 0.3) is 0 Å². The van der Waals surface area contributed by atoms with Crippen molar-refractivity contribution in [3.8, 4) is 5.75 Å². The molecule has 2 heterocycles. The lowest BCUT2D eigenvalue weighted by molar-refractivity contribution is -0.129. The molecule has 0 aliphatic carbocycles. The van der Waals surface area contributed by atoms with Crippen molar-refractivity contribution in [3.63, 3.8) is 0 Å². The molecular formula is C24H26FN3O3. The quantitative estimate of drug-likeness (QED) is 0.585. The third-order valence-corrected chi connectivity index (χ3v) is 5.84. The van der Waals surface area contributed by atoms with Crippen molar-refractivity contribution in [1.29, 1.82) is 0 Å². The van der Waals surface area contributed by atoms with E-state index in [0.29, 0.717) is 32.5 Å². The first-order valence-electron chi connectivity index (χ1n) is 10.5. The minimum absolute atomic E-state index is 0.00835. The second kappa shape index (κ2) is 9.20. The number of carbonyl (C=O) groups is 2. The number of aromatic amines is 1. The lowest BCUT2D eigenvalue weighted by Gasteiger charge is -2.16. The van der Waals surface area contributed by atoms with Crippen molar-refractivity contribution < 1.29 is 18.7 Å². The van der Waals surface area contributed by atoms with Crippen LogP contribution in [0.2, 0.25) is 0 Å². The molecule has 162 valence electrons. The number of ether oxygens (including phenoxy) is 1. The minimum Gasteiger partial charge on any atom is -0.497 e. The lowest BCUT2D eigenvalue weighted by atomic mass is 10.1. The van der Waals surface area contributed by atoms with Crippen molar-refractivity contribution in [2.24, 2.45) is 5.92 Å². The van der Waals surface area contributed by atoms with Gasteiger partial charge in [0, 0.05) is 43.2 Å². The molecule has 1 saturated heterocycles. The molecule has 0 saturated carbocycles. The second-order valence-electron chi connectivity index (χ2n) is 7.88. The molecule has 0 radical (unpaired) electrons. The maximum atomic E-state index is 13.0. The number of halogens is 1. The summed E-state index contributed by atoms with van der Waals surface area (Å²) in [5.74, 6) is 0.0944. The number of benzene rings is 2. The van der Waals surface area contributed by atoms with E-state index in [1.165, 1.54) is 12.1 Å². The van der Waals surface area contributed by atoms with Gasteiger partial charge in [-0.3, -0.25) is 9.59 Å². The average Bonchev–Trinajstić information content (AvgIpc) is 3.36. The van der Waals surface area contributed by atoms with Crippen LogP contribution in [0.4, 0.5) is 4.39 Å². The Bertz CT molecular complexity index is 1080. The fraction of sp³-hybridized carbons (Fsp3) is 0.333. The van der Waals surface area contributed by atoms with E-state index in [4.69, 9.17) is 4.74 Å². The highest BCUT2D eigenvalue weighted by atomic mass is 19.1. The first-order valence-corrected chi connectivity index (χ1v) is 10.5. The highest BCUT2D eigenvalue weighted by Gasteiger charge is 2.33. The standard InChI is InChI=1S/C24H26FN3O3/c1-31-20-6-7-22-21(13-20)17(14-27-22)8-10-26-24(30)18-12-23(29)28(15-18)11-9-16-2-4-19(25)5-3-16/h2-7,13-14,18,27H,8-12,15H2,1H3,(H,26,30)/t18-/m1/s1. The number of hydrogen-bond donors (Lipinski definition) is 2. The molecule has 2 aromatic carbocycles. The summed E-state index contributed by atoms with van der Waals surface area (Å²) in [5, 5.41) is 4.05. The molecule has 1 atom stereocenters. The molecule has 0 bridgehead atoms. The van der Waals surface area contributed by atoms with E-state index in [0.717, 1.165) is 27.8 Å². The van der Waals surface area contributed by atoms with Gasteiger partial charge in [0.1, 0.15) is 11.6 Å². The summed E-state index contributed by atoms with van der Waals surface area (Å²) < 4.78 is 18.3. The number of H-pyrrole nitrogens is 1. The number of carbonyl (C=O) groups excluding carboxylic acids is 2. The summed E-state index contributed by atoms with van der Waals surface area (Å²) in [4.78, 5) is 29.8. The third-order valence-electron chi connectivity index (χ3n) is 5.84. The van der Waals surface area contributed by atoms with Crippen molar-refractivity contribution in [3.05, 3.63) is 65.6 Å². The molecule has 1 aromatic heterocycles. The topological polar surface area (TPSA) is 74.4 Å². The zero-order chi connectivity index (χ0) is 21.8. The maximum absolute atomic E-state index is 13.0. The lowest BCUT2D eigenvalue weighted by Crippen LogP contribution is -2.34. The van der Waals surface area contributed by atoms with E-state index in [-0.39, 0.29) is 30.0 Å². The monoisotopic (exact) mass is 423 g/mol. The first-order chi connectivity index (χ1) is 15.0.